The Bertz CT molecular complexity index is 582. The van der Waals surface area contributed by atoms with Crippen molar-refractivity contribution in [2.24, 2.45) is 0 Å². The number of carbonyl (C=O) groups is 1. The molecule has 0 fully saturated rings. The van der Waals surface area contributed by atoms with Crippen molar-refractivity contribution >= 4 is 11.6 Å². The fraction of sp³-hybridized carbons (Fsp3) is 0.462. The molecule has 0 aliphatic rings. The van der Waals surface area contributed by atoms with E-state index in [2.05, 4.69) is 10.1 Å². The largest absolute Gasteiger partial charge is 0.493 e. The molecule has 1 aromatic carbocycles. The molecule has 0 radical (unpaired) electrons. The number of nitrogens with zero attached hydrogens (tertiary/aromatic N) is 1. The van der Waals surface area contributed by atoms with E-state index >= 15 is 0 Å². The van der Waals surface area contributed by atoms with Crippen LogP contribution in [0.3, 0.4) is 0 Å². The van der Waals surface area contributed by atoms with Crippen molar-refractivity contribution in [1.29, 1.82) is 0 Å². The van der Waals surface area contributed by atoms with Crippen LogP contribution in [-0.2, 0) is 4.74 Å². The topological polar surface area (TPSA) is 99.9 Å². The Kier molecular flexibility index (Phi) is 6.64. The number of amides is 1. The minimum absolute atomic E-state index is 0.198. The Morgan fingerprint density at radius 2 is 2.00 bits per heavy atom. The molecule has 0 aromatic heterocycles. The highest BCUT2D eigenvalue weighted by atomic mass is 19.3. The molecule has 0 aliphatic heterocycles. The molecule has 0 saturated heterocycles. The normalized spacial score (nSPS) is 11.9. The first-order chi connectivity index (χ1) is 10.8. The number of alkyl halides is 2. The Morgan fingerprint density at radius 3 is 2.48 bits per heavy atom. The van der Waals surface area contributed by atoms with Gasteiger partial charge in [-0.2, -0.15) is 8.78 Å². The lowest BCUT2D eigenvalue weighted by Crippen LogP contribution is -2.35. The van der Waals surface area contributed by atoms with Gasteiger partial charge in [-0.1, -0.05) is 0 Å². The fourth-order valence-corrected chi connectivity index (χ4v) is 1.82. The summed E-state index contributed by atoms with van der Waals surface area (Å²) in [5.41, 5.74) is -1.01. The molecule has 0 bridgehead atoms. The molecular formula is C13H16F2N2O6. The smallest absolute Gasteiger partial charge is 0.387 e. The van der Waals surface area contributed by atoms with E-state index in [0.717, 1.165) is 19.2 Å². The second-order valence-corrected chi connectivity index (χ2v) is 4.49. The molecule has 8 nitrogen and oxygen atoms in total. The fourth-order valence-electron chi connectivity index (χ4n) is 1.82. The van der Waals surface area contributed by atoms with Crippen LogP contribution in [0.25, 0.3) is 0 Å². The molecule has 1 atom stereocenters. The number of nitrogens with one attached hydrogen (secondary N) is 1. The van der Waals surface area contributed by atoms with E-state index in [1.807, 2.05) is 0 Å². The minimum Gasteiger partial charge on any atom is -0.493 e. The molecule has 0 saturated carbocycles. The number of carbonyl (C=O) groups excluding carboxylic acids is 1. The highest BCUT2D eigenvalue weighted by Gasteiger charge is 2.26. The second kappa shape index (κ2) is 8.22. The van der Waals surface area contributed by atoms with Crippen molar-refractivity contribution in [2.75, 3.05) is 20.8 Å². The summed E-state index contributed by atoms with van der Waals surface area (Å²) in [6.07, 6.45) is 0. The van der Waals surface area contributed by atoms with Crippen molar-refractivity contribution in [3.05, 3.63) is 27.8 Å². The van der Waals surface area contributed by atoms with Gasteiger partial charge in [-0.3, -0.25) is 14.9 Å². The summed E-state index contributed by atoms with van der Waals surface area (Å²) in [5.74, 6) is -1.51. The molecule has 128 valence electrons. The highest BCUT2D eigenvalue weighted by molar-refractivity contribution is 5.99. The molecule has 1 amide bonds. The molecule has 1 N–H and O–H groups in total. The average molecular weight is 334 g/mol. The van der Waals surface area contributed by atoms with Crippen molar-refractivity contribution in [3.63, 3.8) is 0 Å². The summed E-state index contributed by atoms with van der Waals surface area (Å²) in [6, 6.07) is 1.29. The molecule has 23 heavy (non-hydrogen) atoms. The lowest BCUT2D eigenvalue weighted by molar-refractivity contribution is -0.385. The molecule has 10 heteroatoms. The maximum Gasteiger partial charge on any atom is 0.387 e. The van der Waals surface area contributed by atoms with Crippen LogP contribution in [-0.4, -0.2) is 44.3 Å². The monoisotopic (exact) mass is 334 g/mol. The van der Waals surface area contributed by atoms with Gasteiger partial charge < -0.3 is 19.5 Å². The number of rotatable bonds is 8. The summed E-state index contributed by atoms with van der Waals surface area (Å²) < 4.78 is 38.5. The minimum atomic E-state index is -3.19. The second-order valence-electron chi connectivity index (χ2n) is 4.49. The number of hydrogen-bond donors (Lipinski definition) is 1. The van der Waals surface area contributed by atoms with Crippen LogP contribution in [0.15, 0.2) is 12.1 Å². The number of methoxy groups -OCH3 is 2. The van der Waals surface area contributed by atoms with E-state index in [9.17, 15) is 23.7 Å². The standard InChI is InChI=1S/C13H16F2N2O6/c1-7(6-21-2)16-12(18)8-4-10(22-3)11(23-13(14)15)5-9(8)17(19)20/h4-5,7,13H,6H2,1-3H3,(H,16,18). The SMILES string of the molecule is COCC(C)NC(=O)c1cc(OC)c(OC(F)F)cc1[N+](=O)[O-]. The Hall–Kier alpha value is -2.49. The quantitative estimate of drug-likeness (QED) is 0.576. The predicted molar refractivity (Wildman–Crippen MR) is 75.1 cm³/mol. The van der Waals surface area contributed by atoms with Crippen LogP contribution >= 0.6 is 0 Å². The van der Waals surface area contributed by atoms with Crippen molar-refractivity contribution in [1.82, 2.24) is 5.32 Å². The Balaban J connectivity index is 3.24. The Morgan fingerprint density at radius 1 is 1.35 bits per heavy atom. The van der Waals surface area contributed by atoms with Crippen molar-refractivity contribution in [2.45, 2.75) is 19.6 Å². The molecule has 0 spiro atoms. The van der Waals surface area contributed by atoms with Crippen LogP contribution < -0.4 is 14.8 Å². The first-order valence-corrected chi connectivity index (χ1v) is 6.41. The molecule has 0 aliphatic carbocycles. The summed E-state index contributed by atoms with van der Waals surface area (Å²) in [6.45, 7) is -1.35. The zero-order chi connectivity index (χ0) is 17.6. The van der Waals surface area contributed by atoms with Crippen LogP contribution in [0.1, 0.15) is 17.3 Å². The third-order valence-corrected chi connectivity index (χ3v) is 2.73. The van der Waals surface area contributed by atoms with Gasteiger partial charge in [0.2, 0.25) is 0 Å². The summed E-state index contributed by atoms with van der Waals surface area (Å²) in [7, 11) is 2.60. The number of benzene rings is 1. The van der Waals surface area contributed by atoms with Gasteiger partial charge in [0.1, 0.15) is 5.56 Å². The lowest BCUT2D eigenvalue weighted by atomic mass is 10.1. The van der Waals surface area contributed by atoms with Gasteiger partial charge in [0.25, 0.3) is 11.6 Å². The third kappa shape index (κ3) is 5.02. The van der Waals surface area contributed by atoms with Gasteiger partial charge in [-0.15, -0.1) is 0 Å². The van der Waals surface area contributed by atoms with Crippen LogP contribution in [0.4, 0.5) is 14.5 Å². The zero-order valence-corrected chi connectivity index (χ0v) is 12.7. The molecular weight excluding hydrogens is 318 g/mol. The van der Waals surface area contributed by atoms with Crippen molar-refractivity contribution < 1.29 is 32.7 Å². The van der Waals surface area contributed by atoms with E-state index < -0.39 is 34.9 Å². The number of hydrogen-bond acceptors (Lipinski definition) is 6. The summed E-state index contributed by atoms with van der Waals surface area (Å²) in [4.78, 5) is 22.4. The van der Waals surface area contributed by atoms with E-state index in [-0.39, 0.29) is 17.9 Å². The van der Waals surface area contributed by atoms with E-state index in [1.54, 1.807) is 6.92 Å². The molecule has 1 rings (SSSR count). The first kappa shape index (κ1) is 18.6. The first-order valence-electron chi connectivity index (χ1n) is 6.41. The molecule has 1 aromatic rings. The maximum absolute atomic E-state index is 12.3. The van der Waals surface area contributed by atoms with Crippen molar-refractivity contribution in [3.8, 4) is 11.5 Å². The number of ether oxygens (including phenoxy) is 3. The van der Waals surface area contributed by atoms with Gasteiger partial charge in [0, 0.05) is 19.2 Å². The average Bonchev–Trinajstić information content (AvgIpc) is 2.46. The molecule has 1 unspecified atom stereocenters. The van der Waals surface area contributed by atoms with Gasteiger partial charge in [0.05, 0.1) is 24.7 Å². The van der Waals surface area contributed by atoms with Crippen LogP contribution in [0, 0.1) is 10.1 Å². The lowest BCUT2D eigenvalue weighted by Gasteiger charge is -2.15. The van der Waals surface area contributed by atoms with E-state index in [4.69, 9.17) is 9.47 Å². The van der Waals surface area contributed by atoms with E-state index in [0.29, 0.717) is 0 Å². The number of halogens is 2. The predicted octanol–water partition coefficient (Wildman–Crippen LogP) is 1.97. The van der Waals surface area contributed by atoms with Gasteiger partial charge >= 0.3 is 6.61 Å². The summed E-state index contributed by atoms with van der Waals surface area (Å²) >= 11 is 0. The maximum atomic E-state index is 12.3. The van der Waals surface area contributed by atoms with Gasteiger partial charge in [-0.05, 0) is 6.92 Å². The van der Waals surface area contributed by atoms with Gasteiger partial charge in [-0.25, -0.2) is 0 Å². The Labute approximate surface area is 130 Å². The number of nitro groups is 1. The van der Waals surface area contributed by atoms with Gasteiger partial charge in [0.15, 0.2) is 11.5 Å². The third-order valence-electron chi connectivity index (χ3n) is 2.73. The zero-order valence-electron chi connectivity index (χ0n) is 12.7. The van der Waals surface area contributed by atoms with E-state index in [1.165, 1.54) is 7.11 Å². The highest BCUT2D eigenvalue weighted by Crippen LogP contribution is 2.35. The van der Waals surface area contributed by atoms with Crippen LogP contribution in [0.5, 0.6) is 11.5 Å². The van der Waals surface area contributed by atoms with Crippen LogP contribution in [0.2, 0.25) is 0 Å². The molecule has 0 heterocycles. The summed E-state index contributed by atoms with van der Waals surface area (Å²) in [5, 5.41) is 13.6. The number of nitro benzene ring substituents is 1.